The lowest BCUT2D eigenvalue weighted by atomic mass is 10.0. The summed E-state index contributed by atoms with van der Waals surface area (Å²) in [6.45, 7) is 1.07. The molecule has 3 rings (SSSR count). The quantitative estimate of drug-likeness (QED) is 0.894. The fraction of sp³-hybridized carbons (Fsp3) is 0.833. The highest BCUT2D eigenvalue weighted by atomic mass is 32.2. The van der Waals surface area contributed by atoms with E-state index in [1.807, 2.05) is 0 Å². The van der Waals surface area contributed by atoms with Crippen molar-refractivity contribution in [3.8, 4) is 0 Å². The van der Waals surface area contributed by atoms with Crippen LogP contribution in [0.4, 0.5) is 0 Å². The molecular weight excluding hydrogens is 234 g/mol. The molecule has 0 spiro atoms. The highest BCUT2D eigenvalue weighted by molar-refractivity contribution is 7.99. The number of thioether (sulfide) groups is 1. The smallest absolute Gasteiger partial charge is 0.243 e. The second-order valence-corrected chi connectivity index (χ2v) is 6.13. The maximum absolute atomic E-state index is 5.36. The summed E-state index contributed by atoms with van der Waals surface area (Å²) in [6.07, 6.45) is 5.98. The van der Waals surface area contributed by atoms with Crippen molar-refractivity contribution in [3.63, 3.8) is 0 Å². The lowest BCUT2D eigenvalue weighted by Crippen LogP contribution is -2.15. The summed E-state index contributed by atoms with van der Waals surface area (Å²) in [5, 5.41) is 7.51. The van der Waals surface area contributed by atoms with Gasteiger partial charge in [0.2, 0.25) is 5.89 Å². The third kappa shape index (κ3) is 2.83. The standard InChI is InChI=1S/C12H19N3OS/c1-4-10(13-5-1)12-14-11(15-16-12)7-9-3-2-6-17-8-9/h9-10,13H,1-8H2. The van der Waals surface area contributed by atoms with Crippen molar-refractivity contribution in [1.29, 1.82) is 0 Å². The van der Waals surface area contributed by atoms with Crippen molar-refractivity contribution >= 4 is 11.8 Å². The third-order valence-corrected chi connectivity index (χ3v) is 4.85. The molecule has 2 aliphatic heterocycles. The molecule has 5 heteroatoms. The maximum Gasteiger partial charge on any atom is 0.243 e. The summed E-state index contributed by atoms with van der Waals surface area (Å²) in [5.74, 6) is 5.02. The molecule has 0 saturated carbocycles. The van der Waals surface area contributed by atoms with Gasteiger partial charge in [0, 0.05) is 6.42 Å². The van der Waals surface area contributed by atoms with Crippen molar-refractivity contribution in [2.45, 2.75) is 38.1 Å². The molecule has 17 heavy (non-hydrogen) atoms. The van der Waals surface area contributed by atoms with Crippen LogP contribution in [0.25, 0.3) is 0 Å². The average Bonchev–Trinajstić information content (AvgIpc) is 3.00. The minimum Gasteiger partial charge on any atom is -0.338 e. The monoisotopic (exact) mass is 253 g/mol. The molecule has 94 valence electrons. The molecule has 0 aromatic carbocycles. The zero-order chi connectivity index (χ0) is 11.5. The van der Waals surface area contributed by atoms with E-state index in [0.717, 1.165) is 37.0 Å². The highest BCUT2D eigenvalue weighted by Gasteiger charge is 2.23. The van der Waals surface area contributed by atoms with E-state index < -0.39 is 0 Å². The van der Waals surface area contributed by atoms with Crippen LogP contribution in [0.1, 0.15) is 43.4 Å². The van der Waals surface area contributed by atoms with Crippen LogP contribution in [-0.4, -0.2) is 28.2 Å². The van der Waals surface area contributed by atoms with Crippen molar-refractivity contribution < 1.29 is 4.52 Å². The molecule has 0 radical (unpaired) electrons. The Balaban J connectivity index is 1.59. The number of nitrogens with one attached hydrogen (secondary N) is 1. The van der Waals surface area contributed by atoms with E-state index in [9.17, 15) is 0 Å². The minimum atomic E-state index is 0.303. The van der Waals surface area contributed by atoms with Gasteiger partial charge in [-0.05, 0) is 49.7 Å². The Kier molecular flexibility index (Phi) is 3.66. The van der Waals surface area contributed by atoms with E-state index >= 15 is 0 Å². The molecule has 4 nitrogen and oxygen atoms in total. The van der Waals surface area contributed by atoms with Gasteiger partial charge in [-0.15, -0.1) is 0 Å². The van der Waals surface area contributed by atoms with E-state index in [1.165, 1.54) is 30.8 Å². The van der Waals surface area contributed by atoms with Crippen LogP contribution in [0.15, 0.2) is 4.52 Å². The zero-order valence-electron chi connectivity index (χ0n) is 10.0. The van der Waals surface area contributed by atoms with E-state index in [4.69, 9.17) is 4.52 Å². The molecule has 1 N–H and O–H groups in total. The molecule has 0 aliphatic carbocycles. The van der Waals surface area contributed by atoms with Gasteiger partial charge in [0.15, 0.2) is 5.82 Å². The first-order valence-corrected chi connectivity index (χ1v) is 7.71. The first-order chi connectivity index (χ1) is 8.42. The number of aromatic nitrogens is 2. The van der Waals surface area contributed by atoms with Crippen LogP contribution in [0, 0.1) is 5.92 Å². The van der Waals surface area contributed by atoms with Crippen molar-refractivity contribution in [2.24, 2.45) is 5.92 Å². The molecule has 1 aromatic rings. The first-order valence-electron chi connectivity index (χ1n) is 6.55. The van der Waals surface area contributed by atoms with E-state index in [-0.39, 0.29) is 0 Å². The van der Waals surface area contributed by atoms with Crippen LogP contribution < -0.4 is 5.32 Å². The van der Waals surface area contributed by atoms with Gasteiger partial charge < -0.3 is 9.84 Å². The third-order valence-electron chi connectivity index (χ3n) is 3.57. The van der Waals surface area contributed by atoms with Crippen molar-refractivity contribution in [2.75, 3.05) is 18.1 Å². The zero-order valence-corrected chi connectivity index (χ0v) is 10.8. The number of hydrogen-bond acceptors (Lipinski definition) is 5. The largest absolute Gasteiger partial charge is 0.338 e. The fourth-order valence-corrected chi connectivity index (χ4v) is 3.77. The number of nitrogens with zero attached hydrogens (tertiary/aromatic N) is 2. The van der Waals surface area contributed by atoms with E-state index in [2.05, 4.69) is 27.2 Å². The van der Waals surface area contributed by atoms with Crippen LogP contribution >= 0.6 is 11.8 Å². The molecule has 0 bridgehead atoms. The first kappa shape index (κ1) is 11.5. The maximum atomic E-state index is 5.36. The predicted molar refractivity (Wildman–Crippen MR) is 68.0 cm³/mol. The number of hydrogen-bond donors (Lipinski definition) is 1. The Morgan fingerprint density at radius 3 is 3.12 bits per heavy atom. The molecule has 2 fully saturated rings. The highest BCUT2D eigenvalue weighted by Crippen LogP contribution is 2.26. The molecular formula is C12H19N3OS. The van der Waals surface area contributed by atoms with Crippen LogP contribution in [-0.2, 0) is 6.42 Å². The van der Waals surface area contributed by atoms with Gasteiger partial charge in [0.1, 0.15) is 0 Å². The Morgan fingerprint density at radius 2 is 2.35 bits per heavy atom. The predicted octanol–water partition coefficient (Wildman–Crippen LogP) is 2.18. The SMILES string of the molecule is C1CSCC(Cc2noc(C3CCCN3)n2)C1. The molecule has 2 atom stereocenters. The lowest BCUT2D eigenvalue weighted by Gasteiger charge is -2.19. The van der Waals surface area contributed by atoms with Crippen LogP contribution in [0.5, 0.6) is 0 Å². The molecule has 0 amide bonds. The van der Waals surface area contributed by atoms with Gasteiger partial charge in [0.25, 0.3) is 0 Å². The van der Waals surface area contributed by atoms with Gasteiger partial charge in [-0.25, -0.2) is 0 Å². The Hall–Kier alpha value is -0.550. The van der Waals surface area contributed by atoms with Gasteiger partial charge in [0.05, 0.1) is 6.04 Å². The summed E-state index contributed by atoms with van der Waals surface area (Å²) in [6, 6.07) is 0.303. The summed E-state index contributed by atoms with van der Waals surface area (Å²) in [4.78, 5) is 4.54. The summed E-state index contributed by atoms with van der Waals surface area (Å²) >= 11 is 2.06. The topological polar surface area (TPSA) is 51.0 Å². The molecule has 2 aliphatic rings. The summed E-state index contributed by atoms with van der Waals surface area (Å²) < 4.78 is 5.36. The molecule has 3 heterocycles. The van der Waals surface area contributed by atoms with Crippen LogP contribution in [0.3, 0.4) is 0 Å². The second kappa shape index (κ2) is 5.40. The molecule has 2 unspecified atom stereocenters. The van der Waals surface area contributed by atoms with Crippen LogP contribution in [0.2, 0.25) is 0 Å². The van der Waals surface area contributed by atoms with Gasteiger partial charge in [-0.2, -0.15) is 16.7 Å². The Labute approximate surface area is 106 Å². The van der Waals surface area contributed by atoms with E-state index in [0.29, 0.717) is 6.04 Å². The van der Waals surface area contributed by atoms with Gasteiger partial charge >= 0.3 is 0 Å². The normalized spacial score (nSPS) is 29.6. The second-order valence-electron chi connectivity index (χ2n) is 4.99. The van der Waals surface area contributed by atoms with Crippen molar-refractivity contribution in [3.05, 3.63) is 11.7 Å². The van der Waals surface area contributed by atoms with Gasteiger partial charge in [-0.1, -0.05) is 5.16 Å². The Morgan fingerprint density at radius 1 is 1.35 bits per heavy atom. The average molecular weight is 253 g/mol. The minimum absolute atomic E-state index is 0.303. The molecule has 1 aromatic heterocycles. The van der Waals surface area contributed by atoms with Crippen molar-refractivity contribution in [1.82, 2.24) is 15.5 Å². The Bertz CT molecular complexity index is 356. The van der Waals surface area contributed by atoms with E-state index in [1.54, 1.807) is 0 Å². The lowest BCUT2D eigenvalue weighted by molar-refractivity contribution is 0.339. The molecule has 2 saturated heterocycles. The number of rotatable bonds is 3. The summed E-state index contributed by atoms with van der Waals surface area (Å²) in [5.41, 5.74) is 0. The fourth-order valence-electron chi connectivity index (χ4n) is 2.61. The van der Waals surface area contributed by atoms with Gasteiger partial charge in [-0.3, -0.25) is 0 Å². The summed E-state index contributed by atoms with van der Waals surface area (Å²) in [7, 11) is 0.